The number of carboxylic acid groups (broad SMARTS) is 1. The average molecular weight is 262 g/mol. The third kappa shape index (κ3) is 6.65. The van der Waals surface area contributed by atoms with Gasteiger partial charge in [-0.05, 0) is 18.6 Å². The van der Waals surface area contributed by atoms with Gasteiger partial charge in [-0.2, -0.15) is 0 Å². The maximum Gasteiger partial charge on any atom is 0.328 e. The summed E-state index contributed by atoms with van der Waals surface area (Å²) in [4.78, 5) is 10.5. The molecule has 0 fully saturated rings. The van der Waals surface area contributed by atoms with E-state index < -0.39 is 5.97 Å². The summed E-state index contributed by atoms with van der Waals surface area (Å²) in [7, 11) is 0. The van der Waals surface area contributed by atoms with Crippen LogP contribution in [0.4, 0.5) is 0 Å². The molecular formula is C16H22O3. The van der Waals surface area contributed by atoms with E-state index in [1.807, 2.05) is 24.3 Å². The first-order valence-corrected chi connectivity index (χ1v) is 6.87. The molecule has 1 rings (SSSR count). The van der Waals surface area contributed by atoms with Crippen molar-refractivity contribution in [3.05, 3.63) is 35.9 Å². The summed E-state index contributed by atoms with van der Waals surface area (Å²) in [5.41, 5.74) is 0.804. The molecule has 0 atom stereocenters. The minimum absolute atomic E-state index is 0.682. The lowest BCUT2D eigenvalue weighted by atomic mass is 10.1. The molecule has 0 heterocycles. The van der Waals surface area contributed by atoms with Crippen molar-refractivity contribution in [2.75, 3.05) is 6.61 Å². The summed E-state index contributed by atoms with van der Waals surface area (Å²) in [6.07, 6.45) is 8.68. The Bertz CT molecular complexity index is 410. The summed E-state index contributed by atoms with van der Waals surface area (Å²) >= 11 is 0. The molecule has 0 bridgehead atoms. The topological polar surface area (TPSA) is 46.5 Å². The zero-order valence-corrected chi connectivity index (χ0v) is 11.5. The number of ether oxygens (including phenoxy) is 1. The fraction of sp³-hybridized carbons (Fsp3) is 0.438. The highest BCUT2D eigenvalue weighted by Gasteiger charge is 2.00. The molecule has 0 unspecified atom stereocenters. The molecule has 0 radical (unpaired) electrons. The van der Waals surface area contributed by atoms with Crippen LogP contribution in [0.2, 0.25) is 0 Å². The van der Waals surface area contributed by atoms with Gasteiger partial charge in [0, 0.05) is 11.6 Å². The minimum atomic E-state index is -0.950. The van der Waals surface area contributed by atoms with Gasteiger partial charge < -0.3 is 9.84 Å². The second-order valence-corrected chi connectivity index (χ2v) is 4.47. The molecular weight excluding hydrogens is 240 g/mol. The van der Waals surface area contributed by atoms with Gasteiger partial charge in [-0.25, -0.2) is 4.79 Å². The summed E-state index contributed by atoms with van der Waals surface area (Å²) in [6.45, 7) is 2.88. The number of aliphatic carboxylic acids is 1. The van der Waals surface area contributed by atoms with Crippen molar-refractivity contribution < 1.29 is 14.6 Å². The molecule has 3 heteroatoms. The molecule has 0 aromatic heterocycles. The Morgan fingerprint density at radius 3 is 2.68 bits per heavy atom. The van der Waals surface area contributed by atoms with E-state index >= 15 is 0 Å². The number of benzene rings is 1. The molecule has 0 aliphatic rings. The maximum absolute atomic E-state index is 10.5. The molecule has 1 aromatic rings. The fourth-order valence-electron chi connectivity index (χ4n) is 1.80. The van der Waals surface area contributed by atoms with Crippen LogP contribution in [0.25, 0.3) is 6.08 Å². The molecule has 19 heavy (non-hydrogen) atoms. The van der Waals surface area contributed by atoms with Gasteiger partial charge in [-0.3, -0.25) is 0 Å². The third-order valence-corrected chi connectivity index (χ3v) is 2.83. The normalized spacial score (nSPS) is 10.8. The number of hydrogen-bond donors (Lipinski definition) is 1. The molecule has 0 aliphatic heterocycles. The number of rotatable bonds is 9. The number of unbranched alkanes of at least 4 members (excludes halogenated alkanes) is 4. The van der Waals surface area contributed by atoms with Crippen LogP contribution in [0.3, 0.4) is 0 Å². The second kappa shape index (κ2) is 9.20. The van der Waals surface area contributed by atoms with Crippen LogP contribution in [0.1, 0.15) is 44.6 Å². The standard InChI is InChI=1S/C16H22O3/c1-2-3-4-5-8-13-19-15-10-7-6-9-14(15)11-12-16(17)18/h6-7,9-12H,2-5,8,13H2,1H3,(H,17,18)/b12-11+. The lowest BCUT2D eigenvalue weighted by Crippen LogP contribution is -1.99. The second-order valence-electron chi connectivity index (χ2n) is 4.47. The highest BCUT2D eigenvalue weighted by molar-refractivity contribution is 5.85. The number of hydrogen-bond acceptors (Lipinski definition) is 2. The number of carbonyl (C=O) groups is 1. The lowest BCUT2D eigenvalue weighted by molar-refractivity contribution is -0.131. The number of carboxylic acids is 1. The minimum Gasteiger partial charge on any atom is -0.493 e. The monoisotopic (exact) mass is 262 g/mol. The summed E-state index contributed by atoms with van der Waals surface area (Å²) in [5.74, 6) is -0.204. The van der Waals surface area contributed by atoms with E-state index in [4.69, 9.17) is 9.84 Å². The molecule has 0 amide bonds. The van der Waals surface area contributed by atoms with E-state index in [0.717, 1.165) is 23.8 Å². The lowest BCUT2D eigenvalue weighted by Gasteiger charge is -2.08. The van der Waals surface area contributed by atoms with Gasteiger partial charge in [0.15, 0.2) is 0 Å². The van der Waals surface area contributed by atoms with Crippen LogP contribution in [-0.2, 0) is 4.79 Å². The van der Waals surface area contributed by atoms with Gasteiger partial charge in [0.1, 0.15) is 5.75 Å². The van der Waals surface area contributed by atoms with E-state index in [1.54, 1.807) is 6.08 Å². The molecule has 0 spiro atoms. The zero-order chi connectivity index (χ0) is 13.9. The van der Waals surface area contributed by atoms with Crippen molar-refractivity contribution in [3.8, 4) is 5.75 Å². The van der Waals surface area contributed by atoms with Crippen LogP contribution in [0.5, 0.6) is 5.75 Å². The zero-order valence-electron chi connectivity index (χ0n) is 11.5. The van der Waals surface area contributed by atoms with Gasteiger partial charge in [-0.15, -0.1) is 0 Å². The Kier molecular flexibility index (Phi) is 7.40. The molecule has 0 aliphatic carbocycles. The van der Waals surface area contributed by atoms with Crippen LogP contribution < -0.4 is 4.74 Å². The smallest absolute Gasteiger partial charge is 0.328 e. The maximum atomic E-state index is 10.5. The van der Waals surface area contributed by atoms with Gasteiger partial charge in [-0.1, -0.05) is 50.8 Å². The highest BCUT2D eigenvalue weighted by atomic mass is 16.5. The third-order valence-electron chi connectivity index (χ3n) is 2.83. The van der Waals surface area contributed by atoms with Crippen molar-refractivity contribution in [1.29, 1.82) is 0 Å². The first-order valence-electron chi connectivity index (χ1n) is 6.87. The Hall–Kier alpha value is -1.77. The Morgan fingerprint density at radius 1 is 1.21 bits per heavy atom. The van der Waals surface area contributed by atoms with Crippen molar-refractivity contribution in [3.63, 3.8) is 0 Å². The first-order chi connectivity index (χ1) is 9.24. The van der Waals surface area contributed by atoms with E-state index in [-0.39, 0.29) is 0 Å². The highest BCUT2D eigenvalue weighted by Crippen LogP contribution is 2.19. The van der Waals surface area contributed by atoms with Crippen LogP contribution in [0, 0.1) is 0 Å². The molecule has 0 saturated heterocycles. The Morgan fingerprint density at radius 2 is 1.95 bits per heavy atom. The van der Waals surface area contributed by atoms with E-state index in [2.05, 4.69) is 6.92 Å². The largest absolute Gasteiger partial charge is 0.493 e. The van der Waals surface area contributed by atoms with Crippen LogP contribution in [0.15, 0.2) is 30.3 Å². The average Bonchev–Trinajstić information content (AvgIpc) is 2.41. The SMILES string of the molecule is CCCCCCCOc1ccccc1/C=C/C(=O)O. The summed E-state index contributed by atoms with van der Waals surface area (Å²) in [5, 5.41) is 8.63. The molecule has 0 saturated carbocycles. The quantitative estimate of drug-likeness (QED) is 0.537. The van der Waals surface area contributed by atoms with Gasteiger partial charge in [0.05, 0.1) is 6.61 Å². The van der Waals surface area contributed by atoms with Crippen LogP contribution >= 0.6 is 0 Å². The summed E-state index contributed by atoms with van der Waals surface area (Å²) < 4.78 is 5.71. The van der Waals surface area contributed by atoms with Gasteiger partial charge in [0.2, 0.25) is 0 Å². The van der Waals surface area contributed by atoms with Gasteiger partial charge >= 0.3 is 5.97 Å². The first kappa shape index (κ1) is 15.3. The predicted octanol–water partition coefficient (Wildman–Crippen LogP) is 4.13. The molecule has 1 N–H and O–H groups in total. The van der Waals surface area contributed by atoms with E-state index in [9.17, 15) is 4.79 Å². The van der Waals surface area contributed by atoms with Crippen molar-refractivity contribution in [1.82, 2.24) is 0 Å². The van der Waals surface area contributed by atoms with Crippen molar-refractivity contribution in [2.45, 2.75) is 39.0 Å². The van der Waals surface area contributed by atoms with Gasteiger partial charge in [0.25, 0.3) is 0 Å². The predicted molar refractivity (Wildman–Crippen MR) is 77.4 cm³/mol. The van der Waals surface area contributed by atoms with E-state index in [0.29, 0.717) is 6.61 Å². The molecule has 1 aromatic carbocycles. The fourth-order valence-corrected chi connectivity index (χ4v) is 1.80. The Balaban J connectivity index is 2.42. The molecule has 3 nitrogen and oxygen atoms in total. The van der Waals surface area contributed by atoms with Crippen LogP contribution in [-0.4, -0.2) is 17.7 Å². The Labute approximate surface area is 114 Å². The van der Waals surface area contributed by atoms with Crippen molar-refractivity contribution >= 4 is 12.0 Å². The van der Waals surface area contributed by atoms with E-state index in [1.165, 1.54) is 25.7 Å². The number of para-hydroxylation sites is 1. The molecule has 104 valence electrons. The van der Waals surface area contributed by atoms with Crippen molar-refractivity contribution in [2.24, 2.45) is 0 Å². The summed E-state index contributed by atoms with van der Waals surface area (Å²) in [6, 6.07) is 7.49.